The fourth-order valence-corrected chi connectivity index (χ4v) is 6.06. The summed E-state index contributed by atoms with van der Waals surface area (Å²) in [4.78, 5) is 0. The molecule has 0 N–H and O–H groups in total. The van der Waals surface area contributed by atoms with Gasteiger partial charge in [-0.1, -0.05) is 42.5 Å². The summed E-state index contributed by atoms with van der Waals surface area (Å²) in [5, 5.41) is 2.83. The van der Waals surface area contributed by atoms with Gasteiger partial charge in [-0.05, 0) is 84.5 Å². The summed E-state index contributed by atoms with van der Waals surface area (Å²) in [6.07, 6.45) is 11.7. The van der Waals surface area contributed by atoms with Crippen LogP contribution in [0.1, 0.15) is 44.1 Å². The van der Waals surface area contributed by atoms with Crippen molar-refractivity contribution in [1.29, 1.82) is 0 Å². The summed E-state index contributed by atoms with van der Waals surface area (Å²) in [6.45, 7) is 0. The molecule has 4 fully saturated rings. The third-order valence-electron chi connectivity index (χ3n) is 6.37. The zero-order chi connectivity index (χ0) is 13.9. The van der Waals surface area contributed by atoms with Gasteiger partial charge in [-0.2, -0.15) is 0 Å². The van der Waals surface area contributed by atoms with Crippen LogP contribution in [0.2, 0.25) is 0 Å². The molecule has 0 heterocycles. The Morgan fingerprint density at radius 3 is 2.10 bits per heavy atom. The van der Waals surface area contributed by atoms with Gasteiger partial charge in [0.05, 0.1) is 0 Å². The smallest absolute Gasteiger partial charge is 0.00245 e. The van der Waals surface area contributed by atoms with E-state index in [0.717, 1.165) is 17.8 Å². The van der Waals surface area contributed by atoms with E-state index in [2.05, 4.69) is 48.9 Å². The minimum absolute atomic E-state index is 0.527. The van der Waals surface area contributed by atoms with Gasteiger partial charge in [0.25, 0.3) is 0 Å². The third-order valence-corrected chi connectivity index (χ3v) is 6.37. The van der Waals surface area contributed by atoms with Crippen LogP contribution in [0.3, 0.4) is 0 Å². The van der Waals surface area contributed by atoms with Gasteiger partial charge < -0.3 is 0 Å². The van der Waals surface area contributed by atoms with Gasteiger partial charge in [0.2, 0.25) is 0 Å². The standard InChI is InChI=1S/C21H23/c1-2-7-20-18(4-1)5-3-6-19(20)14-21-11-15-8-16(12-21)10-17(9-15)13-21/h1-7,14-17H,8-13H2. The quantitative estimate of drug-likeness (QED) is 0.668. The maximum atomic E-state index is 2.68. The fraction of sp³-hybridized carbons (Fsp3) is 0.476. The molecule has 4 aliphatic rings. The summed E-state index contributed by atoms with van der Waals surface area (Å²) >= 11 is 0. The molecule has 6 rings (SSSR count). The fourth-order valence-electron chi connectivity index (χ4n) is 6.06. The van der Waals surface area contributed by atoms with Crippen molar-refractivity contribution in [2.75, 3.05) is 0 Å². The first-order chi connectivity index (χ1) is 10.3. The predicted octanol–water partition coefficient (Wildman–Crippen LogP) is 5.61. The van der Waals surface area contributed by atoms with E-state index in [9.17, 15) is 0 Å². The topological polar surface area (TPSA) is 0 Å². The molecule has 0 nitrogen and oxygen atoms in total. The van der Waals surface area contributed by atoms with Crippen LogP contribution in [-0.4, -0.2) is 0 Å². The molecule has 0 aromatic heterocycles. The van der Waals surface area contributed by atoms with Crippen molar-refractivity contribution >= 4 is 10.8 Å². The molecule has 4 saturated carbocycles. The van der Waals surface area contributed by atoms with Gasteiger partial charge in [-0.15, -0.1) is 0 Å². The van der Waals surface area contributed by atoms with Crippen LogP contribution in [0.4, 0.5) is 0 Å². The second-order valence-electron chi connectivity index (χ2n) is 7.99. The molecule has 0 amide bonds. The van der Waals surface area contributed by atoms with Gasteiger partial charge in [0, 0.05) is 0 Å². The zero-order valence-corrected chi connectivity index (χ0v) is 12.6. The lowest BCUT2D eigenvalue weighted by Crippen LogP contribution is -2.46. The maximum Gasteiger partial charge on any atom is -0.00245 e. The Morgan fingerprint density at radius 2 is 1.38 bits per heavy atom. The molecule has 0 atom stereocenters. The maximum absolute atomic E-state index is 2.68. The molecule has 0 unspecified atom stereocenters. The van der Waals surface area contributed by atoms with Gasteiger partial charge in [0.1, 0.15) is 0 Å². The predicted molar refractivity (Wildman–Crippen MR) is 88.0 cm³/mol. The molecule has 2 aromatic rings. The lowest BCUT2D eigenvalue weighted by molar-refractivity contribution is -0.0311. The summed E-state index contributed by atoms with van der Waals surface area (Å²) < 4.78 is 0. The first kappa shape index (κ1) is 12.3. The van der Waals surface area contributed by atoms with E-state index in [1.54, 1.807) is 0 Å². The number of hydrogen-bond donors (Lipinski definition) is 0. The number of hydrogen-bond acceptors (Lipinski definition) is 0. The molecule has 4 aliphatic carbocycles. The molecule has 0 spiro atoms. The van der Waals surface area contributed by atoms with Gasteiger partial charge in [-0.3, -0.25) is 0 Å². The van der Waals surface area contributed by atoms with Crippen LogP contribution in [0.25, 0.3) is 10.8 Å². The lowest BCUT2D eigenvalue weighted by atomic mass is 9.48. The van der Waals surface area contributed by atoms with Crippen molar-refractivity contribution in [2.24, 2.45) is 23.2 Å². The van der Waals surface area contributed by atoms with E-state index in [-0.39, 0.29) is 0 Å². The van der Waals surface area contributed by atoms with Crippen molar-refractivity contribution in [1.82, 2.24) is 0 Å². The Balaban J connectivity index is 1.54. The highest BCUT2D eigenvalue weighted by Crippen LogP contribution is 2.61. The van der Waals surface area contributed by atoms with Crippen LogP contribution in [0.5, 0.6) is 0 Å². The second-order valence-corrected chi connectivity index (χ2v) is 7.99. The normalized spacial score (nSPS) is 37.2. The molecule has 4 bridgehead atoms. The highest BCUT2D eigenvalue weighted by atomic mass is 14.6. The van der Waals surface area contributed by atoms with Crippen LogP contribution in [-0.2, 0) is 0 Å². The Hall–Kier alpha value is -1.30. The van der Waals surface area contributed by atoms with Crippen molar-refractivity contribution in [3.8, 4) is 0 Å². The molecule has 0 saturated heterocycles. The largest absolute Gasteiger partial charge is 0.0616 e. The Bertz CT molecular complexity index is 641. The molecule has 0 heteroatoms. The zero-order valence-electron chi connectivity index (χ0n) is 12.6. The number of rotatable bonds is 2. The first-order valence-electron chi connectivity index (χ1n) is 8.63. The molecular weight excluding hydrogens is 252 g/mol. The van der Waals surface area contributed by atoms with Gasteiger partial charge in [-0.25, -0.2) is 0 Å². The van der Waals surface area contributed by atoms with Crippen LogP contribution in [0.15, 0.2) is 42.5 Å². The van der Waals surface area contributed by atoms with Crippen LogP contribution >= 0.6 is 0 Å². The molecular formula is C21H23. The highest BCUT2D eigenvalue weighted by Gasteiger charge is 2.50. The molecule has 0 aliphatic heterocycles. The average molecular weight is 275 g/mol. The number of fused-ring (bicyclic) bond motifs is 1. The van der Waals surface area contributed by atoms with Crippen molar-refractivity contribution < 1.29 is 0 Å². The second kappa shape index (κ2) is 4.35. The SMILES string of the molecule is [CH](c1cccc2ccccc12)C12CC3CC(CC(C3)C1)C2. The Morgan fingerprint density at radius 1 is 0.762 bits per heavy atom. The lowest BCUT2D eigenvalue weighted by Gasteiger charge is -2.57. The molecule has 2 aromatic carbocycles. The Labute approximate surface area is 127 Å². The van der Waals surface area contributed by atoms with Gasteiger partial charge in [0.15, 0.2) is 0 Å². The number of benzene rings is 2. The van der Waals surface area contributed by atoms with E-state index in [4.69, 9.17) is 0 Å². The van der Waals surface area contributed by atoms with E-state index in [1.165, 1.54) is 54.9 Å². The van der Waals surface area contributed by atoms with Crippen LogP contribution in [0, 0.1) is 29.6 Å². The molecule has 1 radical (unpaired) electrons. The third kappa shape index (κ3) is 1.95. The summed E-state index contributed by atoms with van der Waals surface area (Å²) in [7, 11) is 0. The van der Waals surface area contributed by atoms with E-state index in [0.29, 0.717) is 5.41 Å². The van der Waals surface area contributed by atoms with Gasteiger partial charge >= 0.3 is 0 Å². The van der Waals surface area contributed by atoms with E-state index >= 15 is 0 Å². The summed E-state index contributed by atoms with van der Waals surface area (Å²) in [5.74, 6) is 3.09. The van der Waals surface area contributed by atoms with Crippen LogP contribution < -0.4 is 0 Å². The highest BCUT2D eigenvalue weighted by molar-refractivity contribution is 5.86. The van der Waals surface area contributed by atoms with Crippen molar-refractivity contribution in [3.05, 3.63) is 54.4 Å². The minimum Gasteiger partial charge on any atom is -0.0616 e. The molecule has 21 heavy (non-hydrogen) atoms. The summed E-state index contributed by atoms with van der Waals surface area (Å²) in [5.41, 5.74) is 2.01. The monoisotopic (exact) mass is 275 g/mol. The van der Waals surface area contributed by atoms with E-state index < -0.39 is 0 Å². The summed E-state index contributed by atoms with van der Waals surface area (Å²) in [6, 6.07) is 15.7. The minimum atomic E-state index is 0.527. The first-order valence-corrected chi connectivity index (χ1v) is 8.63. The Kier molecular flexibility index (Phi) is 2.54. The average Bonchev–Trinajstić information content (AvgIpc) is 2.46. The van der Waals surface area contributed by atoms with Crippen molar-refractivity contribution in [2.45, 2.75) is 38.5 Å². The van der Waals surface area contributed by atoms with E-state index in [1.807, 2.05) is 0 Å². The molecule has 107 valence electrons. The van der Waals surface area contributed by atoms with Crippen molar-refractivity contribution in [3.63, 3.8) is 0 Å².